The maximum absolute atomic E-state index is 13.7. The van der Waals surface area contributed by atoms with E-state index in [9.17, 15) is 9.90 Å². The van der Waals surface area contributed by atoms with Crippen LogP contribution in [-0.4, -0.2) is 36.0 Å². The zero-order valence-corrected chi connectivity index (χ0v) is 20.6. The first-order chi connectivity index (χ1) is 15.4. The van der Waals surface area contributed by atoms with Gasteiger partial charge in [-0.25, -0.2) is 4.98 Å². The minimum absolute atomic E-state index is 0.111. The molecule has 2 aromatic heterocycles. The van der Waals surface area contributed by atoms with E-state index >= 15 is 0 Å². The summed E-state index contributed by atoms with van der Waals surface area (Å²) in [6, 6.07) is 7.16. The molecule has 0 spiro atoms. The molecular weight excluding hydrogens is 496 g/mol. The molecule has 9 heteroatoms. The van der Waals surface area contributed by atoms with Crippen LogP contribution in [0, 0.1) is 0 Å². The third kappa shape index (κ3) is 3.59. The lowest BCUT2D eigenvalue weighted by atomic mass is 10.1. The number of phenolic OH excluding ortho intramolecular Hbond substituents is 1. The summed E-state index contributed by atoms with van der Waals surface area (Å²) in [5, 5.41) is 11.7. The minimum atomic E-state index is -0.139. The molecule has 7 nitrogen and oxygen atoms in total. The molecule has 4 aromatic rings. The Morgan fingerprint density at radius 1 is 1.12 bits per heavy atom. The van der Waals surface area contributed by atoms with Crippen LogP contribution in [0.25, 0.3) is 31.7 Å². The Hall–Kier alpha value is -2.78. The summed E-state index contributed by atoms with van der Waals surface area (Å²) in [5.41, 5.74) is 0.539. The number of aromatic nitrogens is 2. The van der Waals surface area contributed by atoms with Crippen LogP contribution in [-0.2, 0) is 6.54 Å². The predicted molar refractivity (Wildman–Crippen MR) is 131 cm³/mol. The number of aromatic hydroxyl groups is 1. The zero-order valence-electron chi connectivity index (χ0n) is 18.2. The first-order valence-electron chi connectivity index (χ1n) is 10.1. The van der Waals surface area contributed by atoms with E-state index in [4.69, 9.17) is 19.2 Å². The van der Waals surface area contributed by atoms with Crippen LogP contribution in [0.15, 0.2) is 33.5 Å². The Morgan fingerprint density at radius 2 is 1.81 bits per heavy atom. The number of hydrogen-bond donors (Lipinski definition) is 1. The zero-order chi connectivity index (χ0) is 23.0. The lowest BCUT2D eigenvalue weighted by Gasteiger charge is -2.16. The predicted octanol–water partition coefficient (Wildman–Crippen LogP) is 5.57. The number of methoxy groups -OCH3 is 3. The Labute approximate surface area is 197 Å². The molecule has 0 bridgehead atoms. The van der Waals surface area contributed by atoms with Gasteiger partial charge in [0.15, 0.2) is 11.5 Å². The summed E-state index contributed by atoms with van der Waals surface area (Å²) in [7, 11) is 4.65. The van der Waals surface area contributed by atoms with Gasteiger partial charge in [0, 0.05) is 17.5 Å². The van der Waals surface area contributed by atoms with Crippen LogP contribution < -0.4 is 19.8 Å². The van der Waals surface area contributed by atoms with Gasteiger partial charge in [0.05, 0.1) is 35.9 Å². The highest BCUT2D eigenvalue weighted by Crippen LogP contribution is 2.43. The lowest BCUT2D eigenvalue weighted by molar-refractivity contribution is 0.324. The quantitative estimate of drug-likeness (QED) is 0.344. The normalized spacial score (nSPS) is 11.3. The minimum Gasteiger partial charge on any atom is -0.505 e. The fourth-order valence-electron chi connectivity index (χ4n) is 3.74. The van der Waals surface area contributed by atoms with Gasteiger partial charge in [-0.15, -0.1) is 11.3 Å². The van der Waals surface area contributed by atoms with Gasteiger partial charge >= 0.3 is 0 Å². The number of thiophene rings is 1. The van der Waals surface area contributed by atoms with Gasteiger partial charge < -0.3 is 19.3 Å². The topological polar surface area (TPSA) is 82.8 Å². The van der Waals surface area contributed by atoms with Crippen LogP contribution in [0.5, 0.6) is 23.0 Å². The number of phenols is 1. The molecule has 0 atom stereocenters. The highest BCUT2D eigenvalue weighted by molar-refractivity contribution is 9.10. The fraction of sp³-hybridized carbons (Fsp3) is 0.304. The van der Waals surface area contributed by atoms with Crippen LogP contribution >= 0.6 is 27.3 Å². The molecule has 0 fully saturated rings. The standard InChI is InChI=1S/C23H23BrN2O5S/c1-5-6-9-26-21(12-10-15(29-2)19(31-4)16(11-12)30-3)25-22-17(23(26)28)13-7-8-14(24)18(27)20(13)32-22/h7-8,10-11,27H,5-6,9H2,1-4H3. The SMILES string of the molecule is CCCCn1c(-c2cc(OC)c(OC)c(OC)c2)nc2sc3c(O)c(Br)ccc3c2c1=O. The Bertz CT molecular complexity index is 1350. The lowest BCUT2D eigenvalue weighted by Crippen LogP contribution is -2.23. The molecule has 0 aliphatic carbocycles. The molecule has 0 radical (unpaired) electrons. The van der Waals surface area contributed by atoms with Gasteiger partial charge in [0.2, 0.25) is 5.75 Å². The molecule has 4 rings (SSSR count). The summed E-state index contributed by atoms with van der Waals surface area (Å²) >= 11 is 4.64. The molecular formula is C23H23BrN2O5S. The average molecular weight is 519 g/mol. The number of ether oxygens (including phenoxy) is 3. The highest BCUT2D eigenvalue weighted by atomic mass is 79.9. The molecule has 0 saturated heterocycles. The number of halogens is 1. The largest absolute Gasteiger partial charge is 0.505 e. The monoisotopic (exact) mass is 518 g/mol. The van der Waals surface area contributed by atoms with E-state index in [1.807, 2.05) is 6.07 Å². The van der Waals surface area contributed by atoms with Crippen molar-refractivity contribution in [3.8, 4) is 34.4 Å². The van der Waals surface area contributed by atoms with Crippen LogP contribution in [0.3, 0.4) is 0 Å². The highest BCUT2D eigenvalue weighted by Gasteiger charge is 2.22. The van der Waals surface area contributed by atoms with Crippen molar-refractivity contribution in [2.24, 2.45) is 0 Å². The van der Waals surface area contributed by atoms with Crippen molar-refractivity contribution in [2.45, 2.75) is 26.3 Å². The van der Waals surface area contributed by atoms with E-state index in [1.54, 1.807) is 44.1 Å². The summed E-state index contributed by atoms with van der Waals surface area (Å²) in [6.45, 7) is 2.59. The summed E-state index contributed by atoms with van der Waals surface area (Å²) < 4.78 is 19.3. The molecule has 2 heterocycles. The van der Waals surface area contributed by atoms with Gasteiger partial charge in [-0.05, 0) is 40.5 Å². The summed E-state index contributed by atoms with van der Waals surface area (Å²) in [5.74, 6) is 2.06. The van der Waals surface area contributed by atoms with E-state index < -0.39 is 0 Å². The maximum Gasteiger partial charge on any atom is 0.263 e. The van der Waals surface area contributed by atoms with Gasteiger partial charge in [-0.2, -0.15) is 0 Å². The van der Waals surface area contributed by atoms with E-state index in [0.717, 1.165) is 12.8 Å². The third-order valence-electron chi connectivity index (χ3n) is 5.34. The number of nitrogens with zero attached hydrogens (tertiary/aromatic N) is 2. The fourth-order valence-corrected chi connectivity index (χ4v) is 5.31. The third-order valence-corrected chi connectivity index (χ3v) is 7.09. The molecule has 2 aromatic carbocycles. The van der Waals surface area contributed by atoms with Crippen molar-refractivity contribution in [3.63, 3.8) is 0 Å². The Balaban J connectivity index is 2.08. The van der Waals surface area contributed by atoms with Gasteiger partial charge in [0.25, 0.3) is 5.56 Å². The number of hydrogen-bond acceptors (Lipinski definition) is 7. The number of benzene rings is 2. The van der Waals surface area contributed by atoms with Crippen molar-refractivity contribution >= 4 is 47.6 Å². The van der Waals surface area contributed by atoms with Crippen molar-refractivity contribution in [1.29, 1.82) is 0 Å². The second kappa shape index (κ2) is 8.99. The second-order valence-electron chi connectivity index (χ2n) is 7.21. The van der Waals surface area contributed by atoms with Crippen molar-refractivity contribution in [2.75, 3.05) is 21.3 Å². The number of fused-ring (bicyclic) bond motifs is 3. The number of unbranched alkanes of at least 4 members (excludes halogenated alkanes) is 1. The number of rotatable bonds is 7. The first kappa shape index (κ1) is 22.4. The second-order valence-corrected chi connectivity index (χ2v) is 9.07. The van der Waals surface area contributed by atoms with Crippen LogP contribution in [0.1, 0.15) is 19.8 Å². The van der Waals surface area contributed by atoms with Crippen LogP contribution in [0.2, 0.25) is 0 Å². The molecule has 0 aliphatic rings. The van der Waals surface area contributed by atoms with E-state index in [1.165, 1.54) is 11.3 Å². The molecule has 168 valence electrons. The van der Waals surface area contributed by atoms with E-state index in [2.05, 4.69) is 22.9 Å². The Kier molecular flexibility index (Phi) is 6.30. The van der Waals surface area contributed by atoms with Gasteiger partial charge in [-0.3, -0.25) is 9.36 Å². The molecule has 0 aliphatic heterocycles. The smallest absolute Gasteiger partial charge is 0.263 e. The molecule has 0 saturated carbocycles. The molecule has 0 unspecified atom stereocenters. The summed E-state index contributed by atoms with van der Waals surface area (Å²) in [4.78, 5) is 19.1. The molecule has 0 amide bonds. The van der Waals surface area contributed by atoms with Gasteiger partial charge in [-0.1, -0.05) is 19.4 Å². The van der Waals surface area contributed by atoms with Crippen LogP contribution in [0.4, 0.5) is 0 Å². The van der Waals surface area contributed by atoms with Crippen molar-refractivity contribution in [3.05, 3.63) is 39.1 Å². The van der Waals surface area contributed by atoms with Crippen molar-refractivity contribution < 1.29 is 19.3 Å². The van der Waals surface area contributed by atoms with Gasteiger partial charge in [0.1, 0.15) is 16.4 Å². The first-order valence-corrected chi connectivity index (χ1v) is 11.7. The van der Waals surface area contributed by atoms with E-state index in [-0.39, 0.29) is 11.3 Å². The van der Waals surface area contributed by atoms with Crippen molar-refractivity contribution in [1.82, 2.24) is 9.55 Å². The van der Waals surface area contributed by atoms with E-state index in [0.29, 0.717) is 60.0 Å². The average Bonchev–Trinajstić information content (AvgIpc) is 3.19. The maximum atomic E-state index is 13.7. The Morgan fingerprint density at radius 3 is 2.41 bits per heavy atom. The molecule has 1 N–H and O–H groups in total. The summed E-state index contributed by atoms with van der Waals surface area (Å²) in [6.07, 6.45) is 1.75. The molecule has 32 heavy (non-hydrogen) atoms.